The number of anilines is 1. The maximum Gasteiger partial charge on any atom is 0.328 e. The summed E-state index contributed by atoms with van der Waals surface area (Å²) < 4.78 is 24.7. The minimum atomic E-state index is -0.585. The van der Waals surface area contributed by atoms with E-state index >= 15 is 0 Å². The van der Waals surface area contributed by atoms with Crippen molar-refractivity contribution in [1.29, 1.82) is 0 Å². The Labute approximate surface area is 189 Å². The number of urea groups is 1. The van der Waals surface area contributed by atoms with Crippen molar-refractivity contribution in [2.75, 3.05) is 25.2 Å². The number of rotatable bonds is 5. The van der Waals surface area contributed by atoms with Crippen LogP contribution >= 0.6 is 0 Å². The van der Waals surface area contributed by atoms with Crippen molar-refractivity contribution in [2.45, 2.75) is 25.6 Å². The second-order valence-electron chi connectivity index (χ2n) is 8.20. The fourth-order valence-corrected chi connectivity index (χ4v) is 4.47. The predicted octanol–water partition coefficient (Wildman–Crippen LogP) is 2.28. The minimum absolute atomic E-state index is 0.0356. The third-order valence-electron chi connectivity index (χ3n) is 6.06. The Bertz CT molecular complexity index is 1110. The van der Waals surface area contributed by atoms with Gasteiger partial charge < -0.3 is 14.8 Å². The number of amides is 4. The molecule has 0 saturated carbocycles. The molecule has 3 aliphatic heterocycles. The summed E-state index contributed by atoms with van der Waals surface area (Å²) in [5, 5.41) is 5.71. The van der Waals surface area contributed by atoms with Crippen molar-refractivity contribution in [3.63, 3.8) is 0 Å². The Morgan fingerprint density at radius 1 is 1.15 bits per heavy atom. The first-order valence-electron chi connectivity index (χ1n) is 10.8. The summed E-state index contributed by atoms with van der Waals surface area (Å²) >= 11 is 0. The summed E-state index contributed by atoms with van der Waals surface area (Å²) in [6.07, 6.45) is 0.805. The zero-order chi connectivity index (χ0) is 22.9. The van der Waals surface area contributed by atoms with E-state index < -0.39 is 29.8 Å². The molecule has 0 aliphatic carbocycles. The van der Waals surface area contributed by atoms with E-state index in [0.717, 1.165) is 6.42 Å². The number of fused-ring (bicyclic) bond motifs is 2. The van der Waals surface area contributed by atoms with E-state index in [2.05, 4.69) is 10.6 Å². The third-order valence-corrected chi connectivity index (χ3v) is 6.06. The highest BCUT2D eigenvalue weighted by Crippen LogP contribution is 2.34. The Hall–Kier alpha value is -3.66. The van der Waals surface area contributed by atoms with Crippen LogP contribution in [-0.4, -0.2) is 53.7 Å². The van der Waals surface area contributed by atoms with Crippen LogP contribution in [0, 0.1) is 11.7 Å². The maximum absolute atomic E-state index is 13.9. The number of imide groups is 1. The lowest BCUT2D eigenvalue weighted by atomic mass is 9.91. The van der Waals surface area contributed by atoms with Crippen molar-refractivity contribution in [3.05, 3.63) is 53.8 Å². The maximum atomic E-state index is 13.9. The first kappa shape index (κ1) is 21.2. The molecule has 4 amide bonds. The molecule has 0 spiro atoms. The van der Waals surface area contributed by atoms with Crippen LogP contribution < -0.4 is 20.1 Å². The molecule has 2 saturated heterocycles. The van der Waals surface area contributed by atoms with Gasteiger partial charge in [0.25, 0.3) is 0 Å². The molecule has 2 fully saturated rings. The lowest BCUT2D eigenvalue weighted by molar-refractivity contribution is -0.143. The summed E-state index contributed by atoms with van der Waals surface area (Å²) in [6, 6.07) is 10.5. The van der Waals surface area contributed by atoms with Crippen LogP contribution in [0.3, 0.4) is 0 Å². The number of para-hydroxylation sites is 1. The Morgan fingerprint density at radius 2 is 1.97 bits per heavy atom. The summed E-state index contributed by atoms with van der Waals surface area (Å²) in [7, 11) is 0. The fraction of sp³-hybridized carbons (Fsp3) is 0.348. The molecular formula is C23H23FN4O5. The van der Waals surface area contributed by atoms with Crippen LogP contribution in [0.4, 0.5) is 14.9 Å². The first-order valence-corrected chi connectivity index (χ1v) is 10.8. The van der Waals surface area contributed by atoms with E-state index in [-0.39, 0.29) is 31.5 Å². The smallest absolute Gasteiger partial charge is 0.328 e. The number of carbonyl (C=O) groups excluding carboxylic acids is 3. The van der Waals surface area contributed by atoms with Crippen molar-refractivity contribution < 1.29 is 28.2 Å². The zero-order valence-corrected chi connectivity index (χ0v) is 17.8. The van der Waals surface area contributed by atoms with Crippen LogP contribution in [0.25, 0.3) is 0 Å². The molecule has 2 atom stereocenters. The number of nitrogens with one attached hydrogen (secondary N) is 2. The molecule has 3 aliphatic rings. The van der Waals surface area contributed by atoms with Crippen molar-refractivity contribution in [1.82, 2.24) is 15.1 Å². The summed E-state index contributed by atoms with van der Waals surface area (Å²) in [6.45, 7) is 0.491. The van der Waals surface area contributed by atoms with Crippen LogP contribution in [0.1, 0.15) is 18.4 Å². The van der Waals surface area contributed by atoms with E-state index in [0.29, 0.717) is 30.0 Å². The van der Waals surface area contributed by atoms with Gasteiger partial charge in [0, 0.05) is 0 Å². The molecule has 3 heterocycles. The quantitative estimate of drug-likeness (QED) is 0.719. The number of piperidine rings is 1. The van der Waals surface area contributed by atoms with Crippen LogP contribution in [0.15, 0.2) is 42.5 Å². The molecule has 0 aromatic heterocycles. The number of hydrogen-bond donors (Lipinski definition) is 2. The predicted molar refractivity (Wildman–Crippen MR) is 115 cm³/mol. The second-order valence-corrected chi connectivity index (χ2v) is 8.20. The Kier molecular flexibility index (Phi) is 5.59. The minimum Gasteiger partial charge on any atom is -0.454 e. The van der Waals surface area contributed by atoms with Gasteiger partial charge in [-0.3, -0.25) is 24.7 Å². The average Bonchev–Trinajstić information content (AvgIpc) is 3.29. The van der Waals surface area contributed by atoms with E-state index in [4.69, 9.17) is 9.47 Å². The van der Waals surface area contributed by atoms with Gasteiger partial charge in [0.15, 0.2) is 11.5 Å². The molecule has 0 radical (unpaired) electrons. The standard InChI is InChI=1S/C23H23FN4O5/c24-16-5-1-2-6-17(16)26-20(29)12-27-21-15(4-3-9-25-21)22(30)28(23(27)31)11-14-7-8-18-19(10-14)33-13-32-18/h1-2,5-8,10,15,21,25H,3-4,9,11-13H2,(H,26,29). The SMILES string of the molecule is O=C(CN1C(=O)N(Cc2ccc3c(c2)OCO3)C(=O)C2CCCNC21)Nc1ccccc1F. The number of benzene rings is 2. The summed E-state index contributed by atoms with van der Waals surface area (Å²) in [4.78, 5) is 41.8. The molecule has 5 rings (SSSR count). The van der Waals surface area contributed by atoms with Crippen LogP contribution in [0.5, 0.6) is 11.5 Å². The molecule has 0 bridgehead atoms. The van der Waals surface area contributed by atoms with Gasteiger partial charge in [0.05, 0.1) is 24.3 Å². The molecular weight excluding hydrogens is 431 g/mol. The van der Waals surface area contributed by atoms with Gasteiger partial charge >= 0.3 is 6.03 Å². The van der Waals surface area contributed by atoms with Crippen molar-refractivity contribution in [3.8, 4) is 11.5 Å². The van der Waals surface area contributed by atoms with Crippen LogP contribution in [-0.2, 0) is 16.1 Å². The summed E-state index contributed by atoms with van der Waals surface area (Å²) in [5.41, 5.74) is 0.743. The molecule has 33 heavy (non-hydrogen) atoms. The Balaban J connectivity index is 1.36. The molecule has 2 N–H and O–H groups in total. The van der Waals surface area contributed by atoms with Gasteiger partial charge in [0.1, 0.15) is 12.4 Å². The van der Waals surface area contributed by atoms with Gasteiger partial charge in [-0.2, -0.15) is 0 Å². The number of halogens is 1. The van der Waals surface area contributed by atoms with E-state index in [1.165, 1.54) is 28.0 Å². The normalized spacial score (nSPS) is 21.7. The molecule has 2 aromatic carbocycles. The van der Waals surface area contributed by atoms with Gasteiger partial charge in [-0.05, 0) is 49.2 Å². The first-order chi connectivity index (χ1) is 16.0. The Morgan fingerprint density at radius 3 is 2.82 bits per heavy atom. The van der Waals surface area contributed by atoms with Gasteiger partial charge in [-0.1, -0.05) is 18.2 Å². The molecule has 172 valence electrons. The highest BCUT2D eigenvalue weighted by molar-refractivity contribution is 6.01. The lowest BCUT2D eigenvalue weighted by Gasteiger charge is -2.46. The fourth-order valence-electron chi connectivity index (χ4n) is 4.47. The number of hydrogen-bond acceptors (Lipinski definition) is 6. The van der Waals surface area contributed by atoms with Gasteiger partial charge in [-0.25, -0.2) is 9.18 Å². The number of ether oxygens (including phenoxy) is 2. The highest BCUT2D eigenvalue weighted by Gasteiger charge is 2.47. The lowest BCUT2D eigenvalue weighted by Crippen LogP contribution is -2.68. The number of carbonyl (C=O) groups is 3. The van der Waals surface area contributed by atoms with Crippen molar-refractivity contribution in [2.24, 2.45) is 5.92 Å². The van der Waals surface area contributed by atoms with E-state index in [9.17, 15) is 18.8 Å². The largest absolute Gasteiger partial charge is 0.454 e. The van der Waals surface area contributed by atoms with Gasteiger partial charge in [-0.15, -0.1) is 0 Å². The molecule has 9 nitrogen and oxygen atoms in total. The second kappa shape index (κ2) is 8.70. The zero-order valence-electron chi connectivity index (χ0n) is 17.8. The molecule has 10 heteroatoms. The monoisotopic (exact) mass is 454 g/mol. The number of nitrogens with zero attached hydrogens (tertiary/aromatic N) is 2. The highest BCUT2D eigenvalue weighted by atomic mass is 19.1. The van der Waals surface area contributed by atoms with E-state index in [1.54, 1.807) is 24.3 Å². The van der Waals surface area contributed by atoms with Crippen molar-refractivity contribution >= 4 is 23.5 Å². The van der Waals surface area contributed by atoms with Crippen LogP contribution in [0.2, 0.25) is 0 Å². The third kappa shape index (κ3) is 4.09. The molecule has 2 aromatic rings. The average molecular weight is 454 g/mol. The summed E-state index contributed by atoms with van der Waals surface area (Å²) in [5.74, 6) is -0.686. The topological polar surface area (TPSA) is 100 Å². The van der Waals surface area contributed by atoms with E-state index in [1.807, 2.05) is 0 Å². The van der Waals surface area contributed by atoms with Gasteiger partial charge in [0.2, 0.25) is 18.6 Å². The molecule has 2 unspecified atom stereocenters.